The van der Waals surface area contributed by atoms with Crippen LogP contribution in [0.25, 0.3) is 11.4 Å². The lowest BCUT2D eigenvalue weighted by Crippen LogP contribution is -2.22. The molecule has 1 aliphatic carbocycles. The quantitative estimate of drug-likeness (QED) is 0.629. The molecule has 0 radical (unpaired) electrons. The Hall–Kier alpha value is -3.22. The monoisotopic (exact) mass is 377 g/mol. The first-order chi connectivity index (χ1) is 13.7. The number of aryl methyl sites for hydroxylation is 1. The Balaban J connectivity index is 1.33. The lowest BCUT2D eigenvalue weighted by Gasteiger charge is -2.08. The van der Waals surface area contributed by atoms with Crippen LogP contribution in [0.1, 0.15) is 41.5 Å². The molecule has 2 N–H and O–H groups in total. The lowest BCUT2D eigenvalue weighted by atomic mass is 10.1. The molecule has 1 aliphatic rings. The summed E-state index contributed by atoms with van der Waals surface area (Å²) < 4.78 is 5.69. The molecule has 0 saturated heterocycles. The first-order valence-corrected chi connectivity index (χ1v) is 9.59. The van der Waals surface area contributed by atoms with Crippen molar-refractivity contribution in [1.82, 2.24) is 25.5 Å². The number of pyridine rings is 1. The Bertz CT molecular complexity index is 947. The number of aromatic nitrogens is 4. The van der Waals surface area contributed by atoms with Gasteiger partial charge in [-0.25, -0.2) is 9.97 Å². The third-order valence-corrected chi connectivity index (χ3v) is 4.69. The van der Waals surface area contributed by atoms with Crippen molar-refractivity contribution < 1.29 is 9.53 Å². The van der Waals surface area contributed by atoms with Crippen LogP contribution in [0.2, 0.25) is 0 Å². The SMILES string of the molecule is CCc1nc(-c2ccc(C(=O)NCc3ccnc(OCC4CC4)c3)cc2)n[nH]1. The van der Waals surface area contributed by atoms with Gasteiger partial charge in [0.15, 0.2) is 5.82 Å². The Morgan fingerprint density at radius 3 is 2.79 bits per heavy atom. The van der Waals surface area contributed by atoms with E-state index in [1.54, 1.807) is 18.3 Å². The van der Waals surface area contributed by atoms with Crippen molar-refractivity contribution in [1.29, 1.82) is 0 Å². The molecule has 0 bridgehead atoms. The zero-order valence-electron chi connectivity index (χ0n) is 15.8. The average molecular weight is 377 g/mol. The van der Waals surface area contributed by atoms with E-state index >= 15 is 0 Å². The molecule has 7 heteroatoms. The van der Waals surface area contributed by atoms with Gasteiger partial charge in [-0.05, 0) is 42.5 Å². The van der Waals surface area contributed by atoms with Gasteiger partial charge in [-0.3, -0.25) is 9.89 Å². The van der Waals surface area contributed by atoms with E-state index in [1.165, 1.54) is 12.8 Å². The topological polar surface area (TPSA) is 92.8 Å². The van der Waals surface area contributed by atoms with Crippen LogP contribution >= 0.6 is 0 Å². The second-order valence-electron chi connectivity index (χ2n) is 6.98. The number of carbonyl (C=O) groups excluding carboxylic acids is 1. The van der Waals surface area contributed by atoms with Gasteiger partial charge >= 0.3 is 0 Å². The number of hydrogen-bond acceptors (Lipinski definition) is 5. The Morgan fingerprint density at radius 2 is 2.07 bits per heavy atom. The molecule has 144 valence electrons. The van der Waals surface area contributed by atoms with Crippen LogP contribution in [0.3, 0.4) is 0 Å². The van der Waals surface area contributed by atoms with Crippen molar-refractivity contribution in [3.8, 4) is 17.3 Å². The van der Waals surface area contributed by atoms with Crippen molar-refractivity contribution in [3.05, 3.63) is 59.5 Å². The zero-order chi connectivity index (χ0) is 19.3. The molecular weight excluding hydrogens is 354 g/mol. The molecule has 1 aromatic carbocycles. The molecule has 7 nitrogen and oxygen atoms in total. The molecule has 0 unspecified atom stereocenters. The molecule has 4 rings (SSSR count). The summed E-state index contributed by atoms with van der Waals surface area (Å²) in [6.45, 7) is 3.16. The van der Waals surface area contributed by atoms with E-state index in [1.807, 2.05) is 31.2 Å². The number of H-pyrrole nitrogens is 1. The smallest absolute Gasteiger partial charge is 0.251 e. The fourth-order valence-electron chi connectivity index (χ4n) is 2.76. The highest BCUT2D eigenvalue weighted by atomic mass is 16.5. The summed E-state index contributed by atoms with van der Waals surface area (Å²) in [5.41, 5.74) is 2.42. The molecular formula is C21H23N5O2. The summed E-state index contributed by atoms with van der Waals surface area (Å²) in [6.07, 6.45) is 4.99. The third-order valence-electron chi connectivity index (χ3n) is 4.69. The van der Waals surface area contributed by atoms with E-state index in [0.717, 1.165) is 30.0 Å². The van der Waals surface area contributed by atoms with Gasteiger partial charge in [-0.2, -0.15) is 5.10 Å². The summed E-state index contributed by atoms with van der Waals surface area (Å²) in [6, 6.07) is 11.0. The second kappa shape index (κ2) is 8.21. The summed E-state index contributed by atoms with van der Waals surface area (Å²) in [4.78, 5) is 21.1. The van der Waals surface area contributed by atoms with Crippen molar-refractivity contribution in [2.24, 2.45) is 5.92 Å². The predicted molar refractivity (Wildman–Crippen MR) is 105 cm³/mol. The maximum absolute atomic E-state index is 12.4. The Kier molecular flexibility index (Phi) is 5.32. The highest BCUT2D eigenvalue weighted by Crippen LogP contribution is 2.29. The molecule has 0 spiro atoms. The van der Waals surface area contributed by atoms with E-state index in [0.29, 0.717) is 29.7 Å². The normalized spacial score (nSPS) is 13.3. The number of amides is 1. The van der Waals surface area contributed by atoms with Gasteiger partial charge in [0.05, 0.1) is 6.61 Å². The number of benzene rings is 1. The van der Waals surface area contributed by atoms with Crippen molar-refractivity contribution in [3.63, 3.8) is 0 Å². The number of aromatic amines is 1. The molecule has 3 aromatic rings. The number of nitrogens with zero attached hydrogens (tertiary/aromatic N) is 3. The van der Waals surface area contributed by atoms with Gasteiger partial charge in [0.25, 0.3) is 5.91 Å². The number of ether oxygens (including phenoxy) is 1. The summed E-state index contributed by atoms with van der Waals surface area (Å²) in [7, 11) is 0. The first kappa shape index (κ1) is 18.2. The van der Waals surface area contributed by atoms with E-state index in [4.69, 9.17) is 4.74 Å². The van der Waals surface area contributed by atoms with Gasteiger partial charge in [0.2, 0.25) is 5.88 Å². The highest BCUT2D eigenvalue weighted by Gasteiger charge is 2.22. The van der Waals surface area contributed by atoms with Crippen LogP contribution in [0.5, 0.6) is 5.88 Å². The van der Waals surface area contributed by atoms with Crippen molar-refractivity contribution in [2.45, 2.75) is 32.7 Å². The molecule has 0 aliphatic heterocycles. The van der Waals surface area contributed by atoms with E-state index in [-0.39, 0.29) is 5.91 Å². The molecule has 2 heterocycles. The zero-order valence-corrected chi connectivity index (χ0v) is 15.8. The van der Waals surface area contributed by atoms with Crippen molar-refractivity contribution in [2.75, 3.05) is 6.61 Å². The fraction of sp³-hybridized carbons (Fsp3) is 0.333. The third kappa shape index (κ3) is 4.54. The summed E-state index contributed by atoms with van der Waals surface area (Å²) in [5, 5.41) is 10.0. The fourth-order valence-corrected chi connectivity index (χ4v) is 2.76. The Morgan fingerprint density at radius 1 is 1.25 bits per heavy atom. The second-order valence-corrected chi connectivity index (χ2v) is 6.98. The highest BCUT2D eigenvalue weighted by molar-refractivity contribution is 5.94. The largest absolute Gasteiger partial charge is 0.477 e. The van der Waals surface area contributed by atoms with Gasteiger partial charge in [0, 0.05) is 36.4 Å². The van der Waals surface area contributed by atoms with Crippen LogP contribution in [-0.2, 0) is 13.0 Å². The van der Waals surface area contributed by atoms with Crippen LogP contribution in [-0.4, -0.2) is 32.7 Å². The molecule has 28 heavy (non-hydrogen) atoms. The van der Waals surface area contributed by atoms with Crippen molar-refractivity contribution >= 4 is 5.91 Å². The maximum Gasteiger partial charge on any atom is 0.251 e. The minimum absolute atomic E-state index is 0.131. The number of nitrogens with one attached hydrogen (secondary N) is 2. The molecule has 1 fully saturated rings. The molecule has 2 aromatic heterocycles. The average Bonchev–Trinajstić information content (AvgIpc) is 3.45. The van der Waals surface area contributed by atoms with Gasteiger partial charge in [-0.15, -0.1) is 0 Å². The number of hydrogen-bond donors (Lipinski definition) is 2. The molecule has 0 atom stereocenters. The maximum atomic E-state index is 12.4. The predicted octanol–water partition coefficient (Wildman–Crippen LogP) is 3.15. The van der Waals surface area contributed by atoms with E-state index in [9.17, 15) is 4.79 Å². The summed E-state index contributed by atoms with van der Waals surface area (Å²) >= 11 is 0. The minimum atomic E-state index is -0.131. The van der Waals surface area contributed by atoms with Gasteiger partial charge < -0.3 is 10.1 Å². The van der Waals surface area contributed by atoms with Gasteiger partial charge in [0.1, 0.15) is 5.82 Å². The van der Waals surface area contributed by atoms with E-state index in [2.05, 4.69) is 25.5 Å². The number of carbonyl (C=O) groups is 1. The molecule has 1 amide bonds. The minimum Gasteiger partial charge on any atom is -0.477 e. The molecule has 1 saturated carbocycles. The van der Waals surface area contributed by atoms with Crippen LogP contribution in [0, 0.1) is 5.92 Å². The van der Waals surface area contributed by atoms with Gasteiger partial charge in [-0.1, -0.05) is 19.1 Å². The first-order valence-electron chi connectivity index (χ1n) is 9.59. The lowest BCUT2D eigenvalue weighted by molar-refractivity contribution is 0.0951. The van der Waals surface area contributed by atoms with Crippen LogP contribution < -0.4 is 10.1 Å². The summed E-state index contributed by atoms with van der Waals surface area (Å²) in [5.74, 6) is 2.64. The van der Waals surface area contributed by atoms with Crippen LogP contribution in [0.15, 0.2) is 42.6 Å². The van der Waals surface area contributed by atoms with E-state index < -0.39 is 0 Å². The standard InChI is InChI=1S/C21H23N5O2/c1-2-18-24-20(26-25-18)16-5-7-17(8-6-16)21(27)23-12-15-9-10-22-19(11-15)28-13-14-3-4-14/h5-11,14H,2-4,12-13H2,1H3,(H,23,27)(H,24,25,26). The van der Waals surface area contributed by atoms with Crippen LogP contribution in [0.4, 0.5) is 0 Å². The Labute approximate surface area is 163 Å². The number of rotatable bonds is 8.